The number of carbonyl (C=O) groups is 5. The van der Waals surface area contributed by atoms with Gasteiger partial charge in [0, 0.05) is 80.0 Å². The van der Waals surface area contributed by atoms with Gasteiger partial charge in [0.15, 0.2) is 0 Å². The highest BCUT2D eigenvalue weighted by molar-refractivity contribution is 7.99. The maximum absolute atomic E-state index is 13.1. The number of carbonyl (C=O) groups excluding carboxylic acids is 5. The molecule has 15 nitrogen and oxygen atoms in total. The number of fused-ring (bicyclic) bond motifs is 1. The Labute approximate surface area is 397 Å². The molecule has 0 bridgehead atoms. The smallest absolute Gasteiger partial charge is 0.270 e. The molecule has 2 unspecified atom stereocenters. The predicted molar refractivity (Wildman–Crippen MR) is 259 cm³/mol. The average molecular weight is 927 g/mol. The number of hydrogen-bond donors (Lipinski definition) is 4. The second-order valence-electron chi connectivity index (χ2n) is 18.7. The Morgan fingerprint density at radius 2 is 1.73 bits per heavy atom. The number of piperidine rings is 2. The van der Waals surface area contributed by atoms with Crippen LogP contribution >= 0.6 is 11.8 Å². The fraction of sp³-hybridized carbons (Fsp3) is 0.451. The maximum atomic E-state index is 13.1. The van der Waals surface area contributed by atoms with Crippen molar-refractivity contribution in [2.24, 2.45) is 11.7 Å². The lowest BCUT2D eigenvalue weighted by molar-refractivity contribution is -0.137. The number of nitrogens with two attached hydrogens (primary N) is 1. The minimum Gasteiger partial charge on any atom is -0.355 e. The number of unbranched alkanes of at least 4 members (excludes halogenated alkanes) is 5. The van der Waals surface area contributed by atoms with E-state index in [-0.39, 0.29) is 48.7 Å². The summed E-state index contributed by atoms with van der Waals surface area (Å²) in [6.07, 6.45) is 17.1. The zero-order chi connectivity index (χ0) is 46.9. The van der Waals surface area contributed by atoms with Gasteiger partial charge in [-0.05, 0) is 104 Å². The summed E-state index contributed by atoms with van der Waals surface area (Å²) < 4.78 is 0. The SMILES string of the molecule is CC1CN(CCCCCCCCC(=O)Nc2cccc(Sc3cnc(N4CCC(C)(N)CC4)cn3)c2)CC=C1c1ccc(C(=O)NCc2ccc3c(c2)CN(C2CCC(=O)NC2=O)C3=O)nc1. The number of pyridine rings is 1. The van der Waals surface area contributed by atoms with Gasteiger partial charge in [-0.2, -0.15) is 0 Å². The molecule has 8 rings (SSSR count). The summed E-state index contributed by atoms with van der Waals surface area (Å²) in [6, 6.07) is 16.4. The fourth-order valence-electron chi connectivity index (χ4n) is 9.37. The molecule has 2 aromatic heterocycles. The summed E-state index contributed by atoms with van der Waals surface area (Å²) in [5.74, 6) is -0.0155. The molecule has 2 saturated heterocycles. The molecule has 4 aromatic rings. The van der Waals surface area contributed by atoms with Crippen molar-refractivity contribution in [2.75, 3.05) is 42.9 Å². The van der Waals surface area contributed by atoms with E-state index in [1.165, 1.54) is 28.7 Å². The Kier molecular flexibility index (Phi) is 15.4. The van der Waals surface area contributed by atoms with E-state index in [0.717, 1.165) is 116 Å². The molecule has 352 valence electrons. The highest BCUT2D eigenvalue weighted by atomic mass is 32.2. The van der Waals surface area contributed by atoms with Crippen LogP contribution < -0.4 is 26.6 Å². The van der Waals surface area contributed by atoms with E-state index in [0.29, 0.717) is 30.0 Å². The lowest BCUT2D eigenvalue weighted by Crippen LogP contribution is -2.52. The lowest BCUT2D eigenvalue weighted by Gasteiger charge is -2.37. The van der Waals surface area contributed by atoms with Crippen molar-refractivity contribution in [1.82, 2.24) is 35.4 Å². The molecule has 2 atom stereocenters. The number of imide groups is 1. The van der Waals surface area contributed by atoms with Gasteiger partial charge < -0.3 is 26.2 Å². The first kappa shape index (κ1) is 47.5. The zero-order valence-corrected chi connectivity index (χ0v) is 39.4. The molecular weight excluding hydrogens is 865 g/mol. The molecule has 4 aliphatic heterocycles. The first-order chi connectivity index (χ1) is 32.4. The molecule has 6 heterocycles. The second-order valence-corrected chi connectivity index (χ2v) is 19.8. The summed E-state index contributed by atoms with van der Waals surface area (Å²) >= 11 is 1.53. The van der Waals surface area contributed by atoms with Crippen LogP contribution in [-0.2, 0) is 27.5 Å². The van der Waals surface area contributed by atoms with Gasteiger partial charge in [-0.15, -0.1) is 0 Å². The molecule has 0 aliphatic carbocycles. The van der Waals surface area contributed by atoms with Crippen LogP contribution in [0, 0.1) is 5.92 Å². The minimum atomic E-state index is -0.668. The van der Waals surface area contributed by atoms with E-state index in [1.807, 2.05) is 48.8 Å². The monoisotopic (exact) mass is 926 g/mol. The molecule has 0 saturated carbocycles. The van der Waals surface area contributed by atoms with Crippen LogP contribution in [0.5, 0.6) is 0 Å². The van der Waals surface area contributed by atoms with Gasteiger partial charge in [0.05, 0.1) is 12.4 Å². The van der Waals surface area contributed by atoms with Gasteiger partial charge >= 0.3 is 0 Å². The average Bonchev–Trinajstić information content (AvgIpc) is 3.64. The van der Waals surface area contributed by atoms with Crippen LogP contribution in [0.2, 0.25) is 0 Å². The number of hydrogen-bond acceptors (Lipinski definition) is 12. The Morgan fingerprint density at radius 3 is 2.48 bits per heavy atom. The van der Waals surface area contributed by atoms with Crippen LogP contribution in [-0.4, -0.2) is 98.6 Å². The molecule has 16 heteroatoms. The summed E-state index contributed by atoms with van der Waals surface area (Å²) in [5.41, 5.74) is 11.7. The number of rotatable bonds is 18. The Balaban J connectivity index is 0.685. The fourth-order valence-corrected chi connectivity index (χ4v) is 10.1. The van der Waals surface area contributed by atoms with E-state index in [1.54, 1.807) is 24.4 Å². The maximum Gasteiger partial charge on any atom is 0.270 e. The number of benzene rings is 2. The third-order valence-corrected chi connectivity index (χ3v) is 14.2. The van der Waals surface area contributed by atoms with Crippen molar-refractivity contribution in [3.8, 4) is 0 Å². The number of nitrogens with zero attached hydrogens (tertiary/aromatic N) is 6. The number of nitrogens with one attached hydrogen (secondary N) is 3. The molecule has 4 aliphatic rings. The second kappa shape index (κ2) is 21.8. The van der Waals surface area contributed by atoms with Crippen LogP contribution in [0.3, 0.4) is 0 Å². The first-order valence-electron chi connectivity index (χ1n) is 23.7. The first-order valence-corrected chi connectivity index (χ1v) is 24.6. The van der Waals surface area contributed by atoms with Gasteiger partial charge in [-0.1, -0.05) is 74.7 Å². The van der Waals surface area contributed by atoms with Gasteiger partial charge in [-0.25, -0.2) is 9.97 Å². The van der Waals surface area contributed by atoms with Crippen molar-refractivity contribution < 1.29 is 24.0 Å². The Hall–Kier alpha value is -5.97. The zero-order valence-electron chi connectivity index (χ0n) is 38.6. The predicted octanol–water partition coefficient (Wildman–Crippen LogP) is 6.74. The van der Waals surface area contributed by atoms with Crippen LogP contribution in [0.4, 0.5) is 11.5 Å². The molecule has 0 radical (unpaired) electrons. The Morgan fingerprint density at radius 1 is 0.925 bits per heavy atom. The van der Waals surface area contributed by atoms with E-state index in [2.05, 4.69) is 60.6 Å². The summed E-state index contributed by atoms with van der Waals surface area (Å²) in [4.78, 5) is 83.9. The Bertz CT molecular complexity index is 2470. The normalized spacial score (nSPS) is 19.4. The molecule has 5 amide bonds. The van der Waals surface area contributed by atoms with Gasteiger partial charge in [0.2, 0.25) is 17.7 Å². The molecule has 2 fully saturated rings. The molecule has 67 heavy (non-hydrogen) atoms. The van der Waals surface area contributed by atoms with Crippen LogP contribution in [0.1, 0.15) is 122 Å². The van der Waals surface area contributed by atoms with Crippen molar-refractivity contribution in [3.63, 3.8) is 0 Å². The molecule has 5 N–H and O–H groups in total. The van der Waals surface area contributed by atoms with Crippen molar-refractivity contribution in [1.29, 1.82) is 0 Å². The molecular formula is C51H62N10O5S. The number of aromatic nitrogens is 3. The molecule has 0 spiro atoms. The van der Waals surface area contributed by atoms with Gasteiger partial charge in [0.25, 0.3) is 11.8 Å². The van der Waals surface area contributed by atoms with Crippen LogP contribution in [0.25, 0.3) is 5.57 Å². The van der Waals surface area contributed by atoms with Gasteiger partial charge in [-0.3, -0.25) is 39.2 Å². The van der Waals surface area contributed by atoms with Crippen LogP contribution in [0.15, 0.2) is 89.2 Å². The van der Waals surface area contributed by atoms with Crippen molar-refractivity contribution in [2.45, 2.75) is 119 Å². The lowest BCUT2D eigenvalue weighted by atomic mass is 9.91. The minimum absolute atomic E-state index is 0.0396. The van der Waals surface area contributed by atoms with E-state index in [4.69, 9.17) is 5.73 Å². The third kappa shape index (κ3) is 12.5. The summed E-state index contributed by atoms with van der Waals surface area (Å²) in [6.45, 7) is 9.56. The van der Waals surface area contributed by atoms with Crippen molar-refractivity contribution in [3.05, 3.63) is 107 Å². The summed E-state index contributed by atoms with van der Waals surface area (Å²) in [7, 11) is 0. The molecule has 2 aromatic carbocycles. The standard InChI is InChI=1S/C51H62N10O5S/c1-34-32-59(22-8-6-4-3-5-7-12-45(62)57-38-10-9-11-39(27-38)67-47-31-54-44(30-55-47)60-24-20-51(2,52)21-25-60)23-19-40(34)36-14-16-42(53-29-36)48(64)56-28-35-13-15-41-37(26-35)33-61(50(41)66)43-17-18-46(63)58-49(43)65/h9-11,13-16,19,26-27,29-31,34,43H,3-8,12,17-18,20-25,28,32-33,52H2,1-2H3,(H,56,64)(H,57,62)(H,58,63,65). The largest absolute Gasteiger partial charge is 0.355 e. The van der Waals surface area contributed by atoms with Gasteiger partial charge in [0.1, 0.15) is 22.6 Å². The highest BCUT2D eigenvalue weighted by Gasteiger charge is 2.39. The summed E-state index contributed by atoms with van der Waals surface area (Å²) in [5, 5.41) is 9.14. The topological polar surface area (TPSA) is 196 Å². The highest BCUT2D eigenvalue weighted by Crippen LogP contribution is 2.31. The number of anilines is 2. The van der Waals surface area contributed by atoms with E-state index in [9.17, 15) is 24.0 Å². The number of amides is 5. The van der Waals surface area contributed by atoms with Crippen molar-refractivity contribution >= 4 is 58.4 Å². The third-order valence-electron chi connectivity index (χ3n) is 13.3. The quantitative estimate of drug-likeness (QED) is 0.0608. The van der Waals surface area contributed by atoms with E-state index < -0.39 is 11.9 Å². The van der Waals surface area contributed by atoms with E-state index >= 15 is 0 Å².